The van der Waals surface area contributed by atoms with Crippen LogP contribution in [0.1, 0.15) is 15.9 Å². The van der Waals surface area contributed by atoms with E-state index in [1.54, 1.807) is 72.8 Å². The van der Waals surface area contributed by atoms with Crippen molar-refractivity contribution in [3.63, 3.8) is 0 Å². The van der Waals surface area contributed by atoms with Gasteiger partial charge in [0.2, 0.25) is 10.0 Å². The highest BCUT2D eigenvalue weighted by atomic mass is 35.5. The van der Waals surface area contributed by atoms with E-state index in [4.69, 9.17) is 16.9 Å². The molecule has 0 fully saturated rings. The van der Waals surface area contributed by atoms with Crippen molar-refractivity contribution < 1.29 is 13.2 Å². The van der Waals surface area contributed by atoms with Gasteiger partial charge < -0.3 is 5.32 Å². The van der Waals surface area contributed by atoms with Gasteiger partial charge in [-0.3, -0.25) is 4.79 Å². The molecule has 0 saturated heterocycles. The van der Waals surface area contributed by atoms with Gasteiger partial charge in [-0.05, 0) is 47.5 Å². The van der Waals surface area contributed by atoms with E-state index < -0.39 is 10.0 Å². The van der Waals surface area contributed by atoms with Gasteiger partial charge in [0, 0.05) is 11.1 Å². The molecule has 3 aromatic carbocycles. The van der Waals surface area contributed by atoms with Crippen molar-refractivity contribution in [1.82, 2.24) is 3.97 Å². The van der Waals surface area contributed by atoms with Crippen molar-refractivity contribution in [2.45, 2.75) is 6.42 Å². The molecule has 0 aliphatic carbocycles. The Labute approximate surface area is 190 Å². The van der Waals surface area contributed by atoms with E-state index in [0.29, 0.717) is 38.4 Å². The maximum absolute atomic E-state index is 12.6. The molecule has 0 aliphatic rings. The van der Waals surface area contributed by atoms with Crippen LogP contribution < -0.4 is 5.32 Å². The Kier molecular flexibility index (Phi) is 5.74. The number of halogens is 1. The molecule has 0 spiro atoms. The first kappa shape index (κ1) is 21.6. The van der Waals surface area contributed by atoms with Crippen LogP contribution in [0, 0.1) is 11.3 Å². The summed E-state index contributed by atoms with van der Waals surface area (Å²) in [6, 6.07) is 22.8. The topological polar surface area (TPSA) is 92.0 Å². The Morgan fingerprint density at radius 1 is 1.06 bits per heavy atom. The van der Waals surface area contributed by atoms with Gasteiger partial charge in [-0.25, -0.2) is 12.4 Å². The average Bonchev–Trinajstić information content (AvgIpc) is 3.14. The highest BCUT2D eigenvalue weighted by molar-refractivity contribution is 7.89. The SMILES string of the molecule is CS(=O)(=O)n1c(-c2ccc(CC#N)cc2)cc2cc(NC(=O)c3ccccc3Cl)ccc21. The standard InChI is InChI=1S/C24H18ClN3O3S/c1-32(30,31)28-22-11-10-19(27-24(29)20-4-2-3-5-21(20)25)14-18(22)15-23(28)17-8-6-16(7-9-17)12-13-26/h2-11,14-15H,12H2,1H3,(H,27,29). The highest BCUT2D eigenvalue weighted by Gasteiger charge is 2.19. The molecule has 6 nitrogen and oxygen atoms in total. The molecule has 0 aliphatic heterocycles. The number of carbonyl (C=O) groups excluding carboxylic acids is 1. The zero-order chi connectivity index (χ0) is 22.9. The third-order valence-electron chi connectivity index (χ3n) is 5.00. The molecule has 0 radical (unpaired) electrons. The highest BCUT2D eigenvalue weighted by Crippen LogP contribution is 2.32. The molecular formula is C24H18ClN3O3S. The summed E-state index contributed by atoms with van der Waals surface area (Å²) >= 11 is 6.10. The van der Waals surface area contributed by atoms with Gasteiger partial charge in [0.05, 0.1) is 40.5 Å². The molecule has 4 aromatic rings. The fraction of sp³-hybridized carbons (Fsp3) is 0.0833. The summed E-state index contributed by atoms with van der Waals surface area (Å²) in [6.45, 7) is 0. The molecule has 1 heterocycles. The number of amides is 1. The van der Waals surface area contributed by atoms with Crippen LogP contribution >= 0.6 is 11.6 Å². The zero-order valence-corrected chi connectivity index (χ0v) is 18.6. The van der Waals surface area contributed by atoms with E-state index in [9.17, 15) is 13.2 Å². The van der Waals surface area contributed by atoms with E-state index >= 15 is 0 Å². The predicted octanol–water partition coefficient (Wildman–Crippen LogP) is 5.09. The quantitative estimate of drug-likeness (QED) is 0.446. The number of aromatic nitrogens is 1. The van der Waals surface area contributed by atoms with Gasteiger partial charge in [0.1, 0.15) is 0 Å². The smallest absolute Gasteiger partial charge is 0.257 e. The van der Waals surface area contributed by atoms with E-state index in [-0.39, 0.29) is 12.3 Å². The average molecular weight is 464 g/mol. The number of nitriles is 1. The third kappa shape index (κ3) is 4.24. The van der Waals surface area contributed by atoms with Gasteiger partial charge >= 0.3 is 0 Å². The maximum Gasteiger partial charge on any atom is 0.257 e. The molecule has 1 N–H and O–H groups in total. The van der Waals surface area contributed by atoms with Crippen molar-refractivity contribution >= 4 is 44.1 Å². The van der Waals surface area contributed by atoms with Crippen LogP contribution in [0.15, 0.2) is 72.8 Å². The second kappa shape index (κ2) is 8.50. The predicted molar refractivity (Wildman–Crippen MR) is 126 cm³/mol. The Morgan fingerprint density at radius 3 is 2.44 bits per heavy atom. The molecule has 4 rings (SSSR count). The number of benzene rings is 3. The van der Waals surface area contributed by atoms with E-state index in [0.717, 1.165) is 11.8 Å². The van der Waals surface area contributed by atoms with Gasteiger partial charge in [-0.2, -0.15) is 5.26 Å². The summed E-state index contributed by atoms with van der Waals surface area (Å²) in [4.78, 5) is 12.6. The number of hydrogen-bond donors (Lipinski definition) is 1. The molecule has 1 aromatic heterocycles. The first-order chi connectivity index (χ1) is 15.3. The van der Waals surface area contributed by atoms with Crippen LogP contribution in [0.25, 0.3) is 22.2 Å². The molecule has 0 saturated carbocycles. The lowest BCUT2D eigenvalue weighted by molar-refractivity contribution is 0.102. The molecule has 0 bridgehead atoms. The van der Waals surface area contributed by atoms with Crippen LogP contribution in [0.3, 0.4) is 0 Å². The minimum Gasteiger partial charge on any atom is -0.322 e. The second-order valence-electron chi connectivity index (χ2n) is 7.30. The van der Waals surface area contributed by atoms with Crippen molar-refractivity contribution in [3.8, 4) is 17.3 Å². The fourth-order valence-corrected chi connectivity index (χ4v) is 4.82. The molecule has 0 atom stereocenters. The summed E-state index contributed by atoms with van der Waals surface area (Å²) in [5.41, 5.74) is 3.42. The van der Waals surface area contributed by atoms with Crippen molar-refractivity contribution in [1.29, 1.82) is 5.26 Å². The number of nitrogens with one attached hydrogen (secondary N) is 1. The zero-order valence-electron chi connectivity index (χ0n) is 17.0. The number of anilines is 1. The molecular weight excluding hydrogens is 446 g/mol. The number of rotatable bonds is 5. The summed E-state index contributed by atoms with van der Waals surface area (Å²) in [7, 11) is -3.61. The van der Waals surface area contributed by atoms with Crippen LogP contribution in [0.5, 0.6) is 0 Å². The Bertz CT molecular complexity index is 1480. The van der Waals surface area contributed by atoms with Gasteiger partial charge in [-0.15, -0.1) is 0 Å². The van der Waals surface area contributed by atoms with Gasteiger partial charge in [-0.1, -0.05) is 48.0 Å². The monoisotopic (exact) mass is 463 g/mol. The second-order valence-corrected chi connectivity index (χ2v) is 9.53. The lowest BCUT2D eigenvalue weighted by Crippen LogP contribution is -2.13. The largest absolute Gasteiger partial charge is 0.322 e. The van der Waals surface area contributed by atoms with Crippen molar-refractivity contribution in [3.05, 3.63) is 88.9 Å². The number of fused-ring (bicyclic) bond motifs is 1. The van der Waals surface area contributed by atoms with Gasteiger partial charge in [0.25, 0.3) is 5.91 Å². The minimum atomic E-state index is -3.61. The maximum atomic E-state index is 12.6. The summed E-state index contributed by atoms with van der Waals surface area (Å²) in [5, 5.41) is 12.7. The van der Waals surface area contributed by atoms with Gasteiger partial charge in [0.15, 0.2) is 0 Å². The van der Waals surface area contributed by atoms with Crippen LogP contribution in [0.2, 0.25) is 5.02 Å². The van der Waals surface area contributed by atoms with Crippen LogP contribution in [-0.4, -0.2) is 24.6 Å². The minimum absolute atomic E-state index is 0.282. The summed E-state index contributed by atoms with van der Waals surface area (Å²) < 4.78 is 26.5. The lowest BCUT2D eigenvalue weighted by atomic mass is 10.1. The number of hydrogen-bond acceptors (Lipinski definition) is 4. The molecule has 0 unspecified atom stereocenters. The van der Waals surface area contributed by atoms with E-state index in [1.165, 1.54) is 3.97 Å². The normalized spacial score (nSPS) is 11.3. The number of carbonyl (C=O) groups is 1. The summed E-state index contributed by atoms with van der Waals surface area (Å²) in [5.74, 6) is -0.356. The molecule has 32 heavy (non-hydrogen) atoms. The first-order valence-electron chi connectivity index (χ1n) is 9.66. The third-order valence-corrected chi connectivity index (χ3v) is 6.38. The van der Waals surface area contributed by atoms with E-state index in [2.05, 4.69) is 11.4 Å². The number of nitrogens with zero attached hydrogens (tertiary/aromatic N) is 2. The van der Waals surface area contributed by atoms with E-state index in [1.807, 2.05) is 0 Å². The molecule has 160 valence electrons. The van der Waals surface area contributed by atoms with Crippen LogP contribution in [-0.2, 0) is 16.4 Å². The molecule has 1 amide bonds. The molecule has 8 heteroatoms. The summed E-state index contributed by atoms with van der Waals surface area (Å²) in [6.07, 6.45) is 1.43. The fourth-order valence-electron chi connectivity index (χ4n) is 3.55. The Balaban J connectivity index is 1.76. The van der Waals surface area contributed by atoms with Crippen molar-refractivity contribution in [2.75, 3.05) is 11.6 Å². The van der Waals surface area contributed by atoms with Crippen molar-refractivity contribution in [2.24, 2.45) is 0 Å². The lowest BCUT2D eigenvalue weighted by Gasteiger charge is -2.10. The Hall–Kier alpha value is -3.60. The Morgan fingerprint density at radius 2 is 1.78 bits per heavy atom. The first-order valence-corrected chi connectivity index (χ1v) is 11.9. The van der Waals surface area contributed by atoms with Crippen LogP contribution in [0.4, 0.5) is 5.69 Å².